The van der Waals surface area contributed by atoms with Gasteiger partial charge in [0.25, 0.3) is 5.91 Å². The van der Waals surface area contributed by atoms with E-state index in [4.69, 9.17) is 0 Å². The van der Waals surface area contributed by atoms with Crippen molar-refractivity contribution in [3.8, 4) is 0 Å². The molecular formula is C19H25N3O4S2. The minimum absolute atomic E-state index is 0.116. The van der Waals surface area contributed by atoms with E-state index in [2.05, 4.69) is 15.4 Å². The van der Waals surface area contributed by atoms with Gasteiger partial charge >= 0.3 is 0 Å². The van der Waals surface area contributed by atoms with Gasteiger partial charge in [-0.25, -0.2) is 13.1 Å². The second-order valence-electron chi connectivity index (χ2n) is 6.96. The third-order valence-electron chi connectivity index (χ3n) is 3.80. The molecule has 2 rings (SSSR count). The fraction of sp³-hybridized carbons (Fsp3) is 0.368. The summed E-state index contributed by atoms with van der Waals surface area (Å²) in [5, 5.41) is 7.27. The zero-order valence-corrected chi connectivity index (χ0v) is 17.9. The maximum absolute atomic E-state index is 12.6. The van der Waals surface area contributed by atoms with Gasteiger partial charge in [-0.3, -0.25) is 9.59 Å². The van der Waals surface area contributed by atoms with Crippen molar-refractivity contribution in [2.24, 2.45) is 5.92 Å². The number of anilines is 1. The molecule has 1 aromatic heterocycles. The first-order valence-electron chi connectivity index (χ1n) is 8.88. The van der Waals surface area contributed by atoms with Crippen LogP contribution in [0, 0.1) is 5.92 Å². The van der Waals surface area contributed by atoms with E-state index in [1.165, 1.54) is 35.6 Å². The SMILES string of the molecule is CC(C)NS(=O)(=O)c1ccc(NC(=O)[C@H](NC(=O)c2cccs2)C(C)C)cc1. The molecule has 0 fully saturated rings. The van der Waals surface area contributed by atoms with E-state index in [9.17, 15) is 18.0 Å². The summed E-state index contributed by atoms with van der Waals surface area (Å²) in [6.07, 6.45) is 0. The highest BCUT2D eigenvalue weighted by atomic mass is 32.2. The van der Waals surface area contributed by atoms with E-state index in [0.29, 0.717) is 10.6 Å². The lowest BCUT2D eigenvalue weighted by atomic mass is 10.0. The van der Waals surface area contributed by atoms with Gasteiger partial charge in [-0.2, -0.15) is 0 Å². The average molecular weight is 424 g/mol. The van der Waals surface area contributed by atoms with Crippen molar-refractivity contribution < 1.29 is 18.0 Å². The second-order valence-corrected chi connectivity index (χ2v) is 9.62. The minimum Gasteiger partial charge on any atom is -0.339 e. The third-order valence-corrected chi connectivity index (χ3v) is 6.35. The highest BCUT2D eigenvalue weighted by molar-refractivity contribution is 7.89. The Balaban J connectivity index is 2.08. The van der Waals surface area contributed by atoms with Gasteiger partial charge in [0.1, 0.15) is 6.04 Å². The van der Waals surface area contributed by atoms with Crippen LogP contribution in [-0.2, 0) is 14.8 Å². The number of thiophene rings is 1. The second kappa shape index (κ2) is 9.31. The molecule has 1 heterocycles. The summed E-state index contributed by atoms with van der Waals surface area (Å²) in [5.74, 6) is -0.792. The Morgan fingerprint density at radius 2 is 1.64 bits per heavy atom. The first-order chi connectivity index (χ1) is 13.1. The van der Waals surface area contributed by atoms with Crippen molar-refractivity contribution in [1.82, 2.24) is 10.0 Å². The third kappa shape index (κ3) is 5.88. The van der Waals surface area contributed by atoms with Crippen molar-refractivity contribution in [1.29, 1.82) is 0 Å². The van der Waals surface area contributed by atoms with Gasteiger partial charge in [0, 0.05) is 11.7 Å². The van der Waals surface area contributed by atoms with Crippen LogP contribution < -0.4 is 15.4 Å². The summed E-state index contributed by atoms with van der Waals surface area (Å²) >= 11 is 1.30. The van der Waals surface area contributed by atoms with Gasteiger partial charge in [-0.15, -0.1) is 11.3 Å². The van der Waals surface area contributed by atoms with Crippen LogP contribution in [0.25, 0.3) is 0 Å². The maximum atomic E-state index is 12.6. The smallest absolute Gasteiger partial charge is 0.262 e. The summed E-state index contributed by atoms with van der Waals surface area (Å²) in [4.78, 5) is 25.5. The summed E-state index contributed by atoms with van der Waals surface area (Å²) in [5.41, 5.74) is 0.449. The molecule has 7 nitrogen and oxygen atoms in total. The predicted octanol–water partition coefficient (Wildman–Crippen LogP) is 2.83. The monoisotopic (exact) mass is 423 g/mol. The molecule has 1 aromatic carbocycles. The number of sulfonamides is 1. The zero-order valence-electron chi connectivity index (χ0n) is 16.2. The molecule has 0 radical (unpaired) electrons. The van der Waals surface area contributed by atoms with E-state index in [1.54, 1.807) is 31.4 Å². The Morgan fingerprint density at radius 1 is 1.00 bits per heavy atom. The number of hydrogen-bond acceptors (Lipinski definition) is 5. The molecule has 0 saturated carbocycles. The molecule has 152 valence electrons. The van der Waals surface area contributed by atoms with Crippen LogP contribution in [0.15, 0.2) is 46.7 Å². The summed E-state index contributed by atoms with van der Waals surface area (Å²) in [7, 11) is -3.59. The van der Waals surface area contributed by atoms with Crippen molar-refractivity contribution in [3.63, 3.8) is 0 Å². The van der Waals surface area contributed by atoms with E-state index in [1.807, 2.05) is 13.8 Å². The molecule has 0 saturated heterocycles. The number of carbonyl (C=O) groups is 2. The van der Waals surface area contributed by atoms with Crippen LogP contribution in [0.4, 0.5) is 5.69 Å². The van der Waals surface area contributed by atoms with Crippen LogP contribution in [0.5, 0.6) is 0 Å². The van der Waals surface area contributed by atoms with E-state index < -0.39 is 16.1 Å². The zero-order chi connectivity index (χ0) is 20.9. The molecule has 0 bridgehead atoms. The fourth-order valence-electron chi connectivity index (χ4n) is 2.47. The normalized spacial score (nSPS) is 12.8. The molecule has 0 spiro atoms. The maximum Gasteiger partial charge on any atom is 0.262 e. The Labute approximate surface area is 169 Å². The Morgan fingerprint density at radius 3 is 2.14 bits per heavy atom. The van der Waals surface area contributed by atoms with Gasteiger partial charge in [-0.1, -0.05) is 19.9 Å². The topological polar surface area (TPSA) is 104 Å². The highest BCUT2D eigenvalue weighted by Crippen LogP contribution is 2.16. The van der Waals surface area contributed by atoms with Crippen LogP contribution in [0.2, 0.25) is 0 Å². The first kappa shape index (κ1) is 22.1. The van der Waals surface area contributed by atoms with Crippen molar-refractivity contribution >= 4 is 38.9 Å². The van der Waals surface area contributed by atoms with Gasteiger partial charge < -0.3 is 10.6 Å². The van der Waals surface area contributed by atoms with Crippen molar-refractivity contribution in [2.45, 2.75) is 44.7 Å². The van der Waals surface area contributed by atoms with Gasteiger partial charge in [0.2, 0.25) is 15.9 Å². The Kier molecular flexibility index (Phi) is 7.34. The lowest BCUT2D eigenvalue weighted by Gasteiger charge is -2.21. The molecule has 28 heavy (non-hydrogen) atoms. The standard InChI is InChI=1S/C19H25N3O4S2/c1-12(2)17(21-18(23)16-6-5-11-27-16)19(24)20-14-7-9-15(10-8-14)28(25,26)22-13(3)4/h5-13,17,22H,1-4H3,(H,20,24)(H,21,23)/t17-/m1/s1. The van der Waals surface area contributed by atoms with E-state index in [-0.39, 0.29) is 28.7 Å². The summed E-state index contributed by atoms with van der Waals surface area (Å²) < 4.78 is 26.8. The summed E-state index contributed by atoms with van der Waals surface area (Å²) in [6.45, 7) is 7.16. The molecule has 9 heteroatoms. The lowest BCUT2D eigenvalue weighted by Crippen LogP contribution is -2.46. The first-order valence-corrected chi connectivity index (χ1v) is 11.2. The Bertz CT molecular complexity index is 905. The number of amides is 2. The number of rotatable bonds is 8. The Hall–Kier alpha value is -2.23. The van der Waals surface area contributed by atoms with Gasteiger partial charge in [-0.05, 0) is 55.5 Å². The summed E-state index contributed by atoms with van der Waals surface area (Å²) in [6, 6.07) is 8.41. The predicted molar refractivity (Wildman–Crippen MR) is 111 cm³/mol. The quantitative estimate of drug-likeness (QED) is 0.607. The number of hydrogen-bond donors (Lipinski definition) is 3. The van der Waals surface area contributed by atoms with Gasteiger partial charge in [0.15, 0.2) is 0 Å². The largest absolute Gasteiger partial charge is 0.339 e. The van der Waals surface area contributed by atoms with E-state index >= 15 is 0 Å². The molecule has 2 amide bonds. The molecule has 0 aliphatic heterocycles. The van der Waals surface area contributed by atoms with Crippen LogP contribution in [0.1, 0.15) is 37.4 Å². The molecular weight excluding hydrogens is 398 g/mol. The molecule has 1 atom stereocenters. The molecule has 0 aliphatic rings. The number of benzene rings is 1. The van der Waals surface area contributed by atoms with Crippen molar-refractivity contribution in [3.05, 3.63) is 46.7 Å². The highest BCUT2D eigenvalue weighted by Gasteiger charge is 2.25. The number of nitrogens with one attached hydrogen (secondary N) is 3. The van der Waals surface area contributed by atoms with Gasteiger partial charge in [0.05, 0.1) is 9.77 Å². The average Bonchev–Trinajstić information content (AvgIpc) is 3.13. The number of carbonyl (C=O) groups excluding carboxylic acids is 2. The molecule has 0 unspecified atom stereocenters. The lowest BCUT2D eigenvalue weighted by molar-refractivity contribution is -0.118. The van der Waals surface area contributed by atoms with Crippen LogP contribution in [0.3, 0.4) is 0 Å². The van der Waals surface area contributed by atoms with Crippen molar-refractivity contribution in [2.75, 3.05) is 5.32 Å². The molecule has 2 aromatic rings. The molecule has 3 N–H and O–H groups in total. The molecule has 0 aliphatic carbocycles. The van der Waals surface area contributed by atoms with Crippen LogP contribution in [-0.4, -0.2) is 32.3 Å². The van der Waals surface area contributed by atoms with Crippen LogP contribution >= 0.6 is 11.3 Å². The minimum atomic E-state index is -3.59. The fourth-order valence-corrected chi connectivity index (χ4v) is 4.35. The van der Waals surface area contributed by atoms with E-state index in [0.717, 1.165) is 0 Å².